The average Bonchev–Trinajstić information content (AvgIpc) is 2.82. The summed E-state index contributed by atoms with van der Waals surface area (Å²) in [4.78, 5) is 10.7. The second kappa shape index (κ2) is 5.96. The van der Waals surface area contributed by atoms with Crippen molar-refractivity contribution in [1.29, 1.82) is 0 Å². The number of aromatic nitrogens is 2. The largest absolute Gasteiger partial charge is 0.355 e. The minimum absolute atomic E-state index is 0.615. The maximum atomic E-state index is 4.36. The fourth-order valence-electron chi connectivity index (χ4n) is 2.35. The molecule has 0 bridgehead atoms. The van der Waals surface area contributed by atoms with Crippen LogP contribution in [0.3, 0.4) is 0 Å². The van der Waals surface area contributed by atoms with E-state index in [4.69, 9.17) is 0 Å². The highest BCUT2D eigenvalue weighted by atomic mass is 15.2. The predicted octanol–water partition coefficient (Wildman–Crippen LogP) is 1.69. The Labute approximate surface area is 103 Å². The monoisotopic (exact) mass is 234 g/mol. The number of nitrogens with zero attached hydrogens (tertiary/aromatic N) is 3. The molecule has 2 heterocycles. The van der Waals surface area contributed by atoms with E-state index in [9.17, 15) is 0 Å². The first-order chi connectivity index (χ1) is 8.25. The molecular formula is C13H22N4. The quantitative estimate of drug-likeness (QED) is 0.842. The molecule has 2 rings (SSSR count). The van der Waals surface area contributed by atoms with Gasteiger partial charge in [-0.15, -0.1) is 0 Å². The van der Waals surface area contributed by atoms with Crippen LogP contribution in [0.4, 0.5) is 5.82 Å². The van der Waals surface area contributed by atoms with Crippen molar-refractivity contribution in [1.82, 2.24) is 15.3 Å². The molecule has 0 amide bonds. The standard InChI is InChI=1S/C13H22N4/c1-11(2)8-17(9-12-4-3-6-15-12)13-5-7-14-10-16-13/h5,7,10-12,15H,3-4,6,8-9H2,1-2H3. The van der Waals surface area contributed by atoms with Crippen LogP contribution in [0.2, 0.25) is 0 Å². The van der Waals surface area contributed by atoms with E-state index >= 15 is 0 Å². The van der Waals surface area contributed by atoms with Gasteiger partial charge in [-0.25, -0.2) is 9.97 Å². The SMILES string of the molecule is CC(C)CN(CC1CCCN1)c1ccncn1. The molecule has 0 aromatic carbocycles. The highest BCUT2D eigenvalue weighted by Gasteiger charge is 2.19. The normalized spacial score (nSPS) is 19.8. The molecule has 0 saturated carbocycles. The zero-order valence-corrected chi connectivity index (χ0v) is 10.8. The molecule has 17 heavy (non-hydrogen) atoms. The Bertz CT molecular complexity index is 319. The minimum Gasteiger partial charge on any atom is -0.355 e. The van der Waals surface area contributed by atoms with Crippen molar-refractivity contribution in [2.24, 2.45) is 5.92 Å². The lowest BCUT2D eigenvalue weighted by molar-refractivity contribution is 0.537. The first-order valence-corrected chi connectivity index (χ1v) is 6.50. The molecule has 94 valence electrons. The van der Waals surface area contributed by atoms with Gasteiger partial charge in [-0.05, 0) is 31.4 Å². The maximum Gasteiger partial charge on any atom is 0.131 e. The van der Waals surface area contributed by atoms with Gasteiger partial charge in [0.2, 0.25) is 0 Å². The Morgan fingerprint density at radius 3 is 3.00 bits per heavy atom. The van der Waals surface area contributed by atoms with Crippen LogP contribution in [-0.2, 0) is 0 Å². The van der Waals surface area contributed by atoms with Gasteiger partial charge in [0, 0.05) is 25.3 Å². The number of hydrogen-bond acceptors (Lipinski definition) is 4. The molecule has 0 radical (unpaired) electrons. The Morgan fingerprint density at radius 1 is 1.53 bits per heavy atom. The molecular weight excluding hydrogens is 212 g/mol. The second-order valence-electron chi connectivity index (χ2n) is 5.16. The summed E-state index contributed by atoms with van der Waals surface area (Å²) in [5.74, 6) is 1.69. The Balaban J connectivity index is 2.02. The van der Waals surface area contributed by atoms with E-state index in [1.807, 2.05) is 12.3 Å². The molecule has 4 heteroatoms. The second-order valence-corrected chi connectivity index (χ2v) is 5.16. The summed E-state index contributed by atoms with van der Waals surface area (Å²) in [7, 11) is 0. The molecule has 1 saturated heterocycles. The third kappa shape index (κ3) is 3.66. The summed E-state index contributed by atoms with van der Waals surface area (Å²) in [5, 5.41) is 3.54. The van der Waals surface area contributed by atoms with Crippen LogP contribution in [0.5, 0.6) is 0 Å². The van der Waals surface area contributed by atoms with E-state index in [0.717, 1.165) is 25.5 Å². The molecule has 1 unspecified atom stereocenters. The van der Waals surface area contributed by atoms with Crippen LogP contribution in [0.1, 0.15) is 26.7 Å². The zero-order chi connectivity index (χ0) is 12.1. The molecule has 1 N–H and O–H groups in total. The van der Waals surface area contributed by atoms with E-state index in [1.54, 1.807) is 6.33 Å². The summed E-state index contributed by atoms with van der Waals surface area (Å²) < 4.78 is 0. The van der Waals surface area contributed by atoms with E-state index < -0.39 is 0 Å². The molecule has 1 aromatic heterocycles. The van der Waals surface area contributed by atoms with E-state index in [0.29, 0.717) is 12.0 Å². The molecule has 1 aliphatic heterocycles. The summed E-state index contributed by atoms with van der Waals surface area (Å²) in [5.41, 5.74) is 0. The fraction of sp³-hybridized carbons (Fsp3) is 0.692. The molecule has 4 nitrogen and oxygen atoms in total. The van der Waals surface area contributed by atoms with Crippen LogP contribution in [-0.4, -0.2) is 35.6 Å². The van der Waals surface area contributed by atoms with Crippen molar-refractivity contribution in [3.05, 3.63) is 18.6 Å². The predicted molar refractivity (Wildman–Crippen MR) is 70.1 cm³/mol. The first-order valence-electron chi connectivity index (χ1n) is 6.50. The van der Waals surface area contributed by atoms with Crippen LogP contribution >= 0.6 is 0 Å². The summed E-state index contributed by atoms with van der Waals surface area (Å²) in [6.07, 6.45) is 6.02. The number of nitrogens with one attached hydrogen (secondary N) is 1. The number of hydrogen-bond donors (Lipinski definition) is 1. The Morgan fingerprint density at radius 2 is 2.41 bits per heavy atom. The van der Waals surface area contributed by atoms with Crippen molar-refractivity contribution in [3.63, 3.8) is 0 Å². The lowest BCUT2D eigenvalue weighted by Gasteiger charge is -2.28. The van der Waals surface area contributed by atoms with Gasteiger partial charge in [-0.3, -0.25) is 0 Å². The van der Waals surface area contributed by atoms with Crippen molar-refractivity contribution in [2.45, 2.75) is 32.7 Å². The van der Waals surface area contributed by atoms with Crippen LogP contribution in [0.15, 0.2) is 18.6 Å². The topological polar surface area (TPSA) is 41.0 Å². The molecule has 1 atom stereocenters. The van der Waals surface area contributed by atoms with Crippen LogP contribution in [0, 0.1) is 5.92 Å². The van der Waals surface area contributed by atoms with Gasteiger partial charge in [0.15, 0.2) is 0 Å². The molecule has 1 aliphatic rings. The molecule has 1 aromatic rings. The summed E-state index contributed by atoms with van der Waals surface area (Å²) in [6.45, 7) is 7.75. The number of rotatable bonds is 5. The molecule has 0 spiro atoms. The van der Waals surface area contributed by atoms with Crippen LogP contribution in [0.25, 0.3) is 0 Å². The summed E-state index contributed by atoms with van der Waals surface area (Å²) >= 11 is 0. The maximum absolute atomic E-state index is 4.36. The lowest BCUT2D eigenvalue weighted by atomic mass is 10.1. The van der Waals surface area contributed by atoms with Crippen molar-refractivity contribution in [2.75, 3.05) is 24.5 Å². The van der Waals surface area contributed by atoms with Gasteiger partial charge in [0.05, 0.1) is 0 Å². The first kappa shape index (κ1) is 12.3. The summed E-state index contributed by atoms with van der Waals surface area (Å²) in [6, 6.07) is 2.61. The van der Waals surface area contributed by atoms with Gasteiger partial charge in [-0.1, -0.05) is 13.8 Å². The molecule has 1 fully saturated rings. The van der Waals surface area contributed by atoms with Gasteiger partial charge in [0.25, 0.3) is 0 Å². The van der Waals surface area contributed by atoms with Crippen molar-refractivity contribution >= 4 is 5.82 Å². The van der Waals surface area contributed by atoms with Crippen molar-refractivity contribution in [3.8, 4) is 0 Å². The Kier molecular flexibility index (Phi) is 4.31. The minimum atomic E-state index is 0.615. The third-order valence-corrected chi connectivity index (χ3v) is 3.08. The van der Waals surface area contributed by atoms with E-state index in [-0.39, 0.29) is 0 Å². The number of anilines is 1. The highest BCUT2D eigenvalue weighted by molar-refractivity contribution is 5.36. The van der Waals surface area contributed by atoms with Crippen molar-refractivity contribution < 1.29 is 0 Å². The Hall–Kier alpha value is -1.16. The molecule has 0 aliphatic carbocycles. The van der Waals surface area contributed by atoms with Gasteiger partial charge < -0.3 is 10.2 Å². The third-order valence-electron chi connectivity index (χ3n) is 3.08. The van der Waals surface area contributed by atoms with E-state index in [2.05, 4.69) is 34.0 Å². The smallest absolute Gasteiger partial charge is 0.131 e. The van der Waals surface area contributed by atoms with Gasteiger partial charge in [-0.2, -0.15) is 0 Å². The zero-order valence-electron chi connectivity index (χ0n) is 10.8. The van der Waals surface area contributed by atoms with E-state index in [1.165, 1.54) is 12.8 Å². The average molecular weight is 234 g/mol. The highest BCUT2D eigenvalue weighted by Crippen LogP contribution is 2.14. The van der Waals surface area contributed by atoms with Crippen LogP contribution < -0.4 is 10.2 Å². The van der Waals surface area contributed by atoms with Gasteiger partial charge >= 0.3 is 0 Å². The van der Waals surface area contributed by atoms with Gasteiger partial charge in [0.1, 0.15) is 12.1 Å². The lowest BCUT2D eigenvalue weighted by Crippen LogP contribution is -2.39. The fourth-order valence-corrected chi connectivity index (χ4v) is 2.35.